The summed E-state index contributed by atoms with van der Waals surface area (Å²) in [6, 6.07) is -2.63. The fourth-order valence-corrected chi connectivity index (χ4v) is 10.8. The molecule has 0 saturated carbocycles. The lowest BCUT2D eigenvalue weighted by Crippen LogP contribution is -2.70. The molecular formula is C60H108N2O21. The number of ether oxygens (including phenoxy) is 6. The first-order valence-corrected chi connectivity index (χ1v) is 31.2. The van der Waals surface area contributed by atoms with Gasteiger partial charge in [0.2, 0.25) is 11.8 Å². The van der Waals surface area contributed by atoms with Gasteiger partial charge in [-0.05, 0) is 38.5 Å². The Morgan fingerprint density at radius 2 is 1.13 bits per heavy atom. The number of aliphatic hydroxyl groups excluding tert-OH is 11. The van der Waals surface area contributed by atoms with Crippen molar-refractivity contribution >= 4 is 17.8 Å². The molecule has 14 N–H and O–H groups in total. The van der Waals surface area contributed by atoms with Gasteiger partial charge in [-0.2, -0.15) is 0 Å². The minimum Gasteiger partial charge on any atom is -0.477 e. The predicted octanol–water partition coefficient (Wildman–Crippen LogP) is 3.33. The van der Waals surface area contributed by atoms with Crippen LogP contribution in [0.3, 0.4) is 0 Å². The van der Waals surface area contributed by atoms with Crippen LogP contribution in [0.1, 0.15) is 201 Å². The molecule has 0 aromatic heterocycles. The summed E-state index contributed by atoms with van der Waals surface area (Å²) >= 11 is 0. The van der Waals surface area contributed by atoms with Gasteiger partial charge in [0, 0.05) is 19.8 Å². The maximum atomic E-state index is 13.3. The summed E-state index contributed by atoms with van der Waals surface area (Å²) in [5.74, 6) is -6.18. The van der Waals surface area contributed by atoms with Crippen molar-refractivity contribution in [2.45, 2.75) is 310 Å². The molecule has 3 fully saturated rings. The van der Waals surface area contributed by atoms with E-state index in [1.807, 2.05) is 6.08 Å². The fourth-order valence-electron chi connectivity index (χ4n) is 10.8. The first-order chi connectivity index (χ1) is 39.9. The van der Waals surface area contributed by atoms with Crippen molar-refractivity contribution in [2.75, 3.05) is 26.4 Å². The van der Waals surface area contributed by atoms with Crippen LogP contribution in [0.25, 0.3) is 0 Å². The molecule has 3 heterocycles. The van der Waals surface area contributed by atoms with E-state index in [4.69, 9.17) is 28.4 Å². The van der Waals surface area contributed by atoms with E-state index in [-0.39, 0.29) is 12.3 Å². The molecule has 0 aromatic rings. The zero-order valence-electron chi connectivity index (χ0n) is 49.8. The molecule has 0 aliphatic carbocycles. The Balaban J connectivity index is 1.64. The number of allylic oxidation sites excluding steroid dienone is 3. The van der Waals surface area contributed by atoms with Gasteiger partial charge in [0.05, 0.1) is 50.7 Å². The molecule has 2 amide bonds. The van der Waals surface area contributed by atoms with Crippen LogP contribution < -0.4 is 10.6 Å². The van der Waals surface area contributed by atoms with Gasteiger partial charge in [-0.15, -0.1) is 0 Å². The minimum atomic E-state index is -3.08. The number of carboxylic acids is 1. The van der Waals surface area contributed by atoms with E-state index >= 15 is 0 Å². The number of carboxylic acid groups (broad SMARTS) is 1. The van der Waals surface area contributed by atoms with Crippen molar-refractivity contribution in [2.24, 2.45) is 0 Å². The van der Waals surface area contributed by atoms with E-state index in [0.717, 1.165) is 51.9 Å². The van der Waals surface area contributed by atoms with Gasteiger partial charge < -0.3 is 100 Å². The van der Waals surface area contributed by atoms with Crippen LogP contribution in [0.4, 0.5) is 0 Å². The van der Waals surface area contributed by atoms with E-state index < -0.39 is 155 Å². The SMILES string of the molecule is CCCCCC/C=C\CCCC(=O)NC(COC1OC(CO)C(OC2OC(CO)C(O)C(OC3(C(=O)O)CC(O)C(NC(C)=O)C(C(O)C(O)CO)O3)C2O)C(O)C1O)C(O)/C=C/CCCCCCCCCCCCCCCCCCCC. The Kier molecular flexibility index (Phi) is 37.8. The van der Waals surface area contributed by atoms with Gasteiger partial charge in [-0.3, -0.25) is 9.59 Å². The fraction of sp³-hybridized carbons (Fsp3) is 0.883. The van der Waals surface area contributed by atoms with Crippen LogP contribution in [0.2, 0.25) is 0 Å². The Labute approximate surface area is 492 Å². The number of carbonyl (C=O) groups is 3. The highest BCUT2D eigenvalue weighted by molar-refractivity contribution is 5.77. The quantitative estimate of drug-likeness (QED) is 0.0307. The highest BCUT2D eigenvalue weighted by atomic mass is 16.8. The van der Waals surface area contributed by atoms with E-state index in [9.17, 15) is 75.7 Å². The number of rotatable bonds is 45. The minimum absolute atomic E-state index is 0.151. The van der Waals surface area contributed by atoms with Crippen LogP contribution in [0.15, 0.2) is 24.3 Å². The Morgan fingerprint density at radius 1 is 0.627 bits per heavy atom. The summed E-state index contributed by atoms with van der Waals surface area (Å²) in [6.45, 7) is 2.04. The number of hydrogen-bond acceptors (Lipinski definition) is 20. The molecule has 0 bridgehead atoms. The number of nitrogens with one attached hydrogen (secondary N) is 2. The van der Waals surface area contributed by atoms with Crippen molar-refractivity contribution in [1.82, 2.24) is 10.6 Å². The molecule has 0 aromatic carbocycles. The molecule has 0 radical (unpaired) electrons. The van der Waals surface area contributed by atoms with Crippen molar-refractivity contribution < 1.29 is 104 Å². The second-order valence-corrected chi connectivity index (χ2v) is 22.9. The summed E-state index contributed by atoms with van der Waals surface area (Å²) in [5.41, 5.74) is 0. The number of amides is 2. The lowest BCUT2D eigenvalue weighted by molar-refractivity contribution is -0.386. The molecule has 23 nitrogen and oxygen atoms in total. The largest absolute Gasteiger partial charge is 0.477 e. The maximum Gasteiger partial charge on any atom is 0.364 e. The highest BCUT2D eigenvalue weighted by Gasteiger charge is 2.60. The molecule has 484 valence electrons. The lowest BCUT2D eigenvalue weighted by Gasteiger charge is -2.50. The molecule has 83 heavy (non-hydrogen) atoms. The van der Waals surface area contributed by atoms with Crippen molar-refractivity contribution in [3.63, 3.8) is 0 Å². The number of hydrogen-bond donors (Lipinski definition) is 14. The molecular weight excluding hydrogens is 1080 g/mol. The molecule has 3 saturated heterocycles. The summed E-state index contributed by atoms with van der Waals surface area (Å²) < 4.78 is 34.6. The molecule has 3 aliphatic heterocycles. The molecule has 23 heteroatoms. The van der Waals surface area contributed by atoms with Crippen molar-refractivity contribution in [1.29, 1.82) is 0 Å². The summed E-state index contributed by atoms with van der Waals surface area (Å²) in [5, 5.41) is 135. The van der Waals surface area contributed by atoms with E-state index in [0.29, 0.717) is 19.3 Å². The third-order valence-corrected chi connectivity index (χ3v) is 15.9. The van der Waals surface area contributed by atoms with Gasteiger partial charge >= 0.3 is 5.97 Å². The molecule has 3 rings (SSSR count). The van der Waals surface area contributed by atoms with E-state index in [2.05, 4.69) is 36.6 Å². The molecule has 18 unspecified atom stereocenters. The first-order valence-electron chi connectivity index (χ1n) is 31.2. The van der Waals surface area contributed by atoms with Gasteiger partial charge in [0.1, 0.15) is 67.1 Å². The second kappa shape index (κ2) is 42.2. The number of aliphatic hydroxyl groups is 11. The summed E-state index contributed by atoms with van der Waals surface area (Å²) in [7, 11) is 0. The first kappa shape index (κ1) is 74.5. The van der Waals surface area contributed by atoms with Crippen molar-refractivity contribution in [3.8, 4) is 0 Å². The monoisotopic (exact) mass is 1190 g/mol. The van der Waals surface area contributed by atoms with Gasteiger partial charge in [0.25, 0.3) is 5.79 Å². The zero-order chi connectivity index (χ0) is 61.2. The normalized spacial score (nSPS) is 30.1. The lowest BCUT2D eigenvalue weighted by atomic mass is 9.88. The summed E-state index contributed by atoms with van der Waals surface area (Å²) in [4.78, 5) is 38.3. The smallest absolute Gasteiger partial charge is 0.364 e. The van der Waals surface area contributed by atoms with Crippen LogP contribution in [0, 0.1) is 0 Å². The third-order valence-electron chi connectivity index (χ3n) is 15.9. The topological polar surface area (TPSA) is 373 Å². The Bertz CT molecular complexity index is 1800. The van der Waals surface area contributed by atoms with Crippen LogP contribution in [-0.2, 0) is 42.8 Å². The van der Waals surface area contributed by atoms with Crippen LogP contribution in [-0.4, -0.2) is 215 Å². The van der Waals surface area contributed by atoms with E-state index in [1.165, 1.54) is 103 Å². The number of unbranched alkanes of at least 4 members (excludes halogenated alkanes) is 23. The Morgan fingerprint density at radius 3 is 1.65 bits per heavy atom. The molecule has 0 spiro atoms. The van der Waals surface area contributed by atoms with Crippen LogP contribution >= 0.6 is 0 Å². The van der Waals surface area contributed by atoms with Gasteiger partial charge in [-0.1, -0.05) is 167 Å². The third kappa shape index (κ3) is 26.2. The highest BCUT2D eigenvalue weighted by Crippen LogP contribution is 2.38. The van der Waals surface area contributed by atoms with Gasteiger partial charge in [-0.25, -0.2) is 4.79 Å². The van der Waals surface area contributed by atoms with Gasteiger partial charge in [0.15, 0.2) is 12.6 Å². The maximum absolute atomic E-state index is 13.3. The average Bonchev–Trinajstić information content (AvgIpc) is 3.43. The zero-order valence-corrected chi connectivity index (χ0v) is 49.8. The van der Waals surface area contributed by atoms with Crippen LogP contribution in [0.5, 0.6) is 0 Å². The second-order valence-electron chi connectivity index (χ2n) is 22.9. The number of aliphatic carboxylic acids is 1. The predicted molar refractivity (Wildman–Crippen MR) is 306 cm³/mol. The van der Waals surface area contributed by atoms with E-state index in [1.54, 1.807) is 6.08 Å². The standard InChI is InChI=1S/C60H108N2O21/c1-4-6-8-10-12-14-15-16-17-18-19-20-21-22-23-24-26-27-29-31-33-42(67)41(62-47(70)34-32-30-28-25-13-11-9-7-5-2)39-78-57-52(74)51(73)54(46(38-65)80-57)81-58-53(75)56(50(72)45(37-64)79-58)83-60(59(76)77)35-43(68)48(61-40(3)66)55(82-60)49(71)44(69)36-63/h25,28,31,33,41-46,48-58,63-65,67-69,71-75H,4-24,26-27,29-30,32,34-39H2,1-3H3,(H,61,66)(H,62,70)(H,76,77)/b28-25-,33-31+. The average molecular weight is 1190 g/mol. The summed E-state index contributed by atoms with van der Waals surface area (Å²) in [6.07, 6.45) is 8.48. The molecule has 18 atom stereocenters. The van der Waals surface area contributed by atoms with Crippen molar-refractivity contribution in [3.05, 3.63) is 24.3 Å². The number of carbonyl (C=O) groups excluding carboxylic acids is 2. The molecule has 3 aliphatic rings. The Hall–Kier alpha value is -2.79.